The van der Waals surface area contributed by atoms with Crippen molar-refractivity contribution in [2.24, 2.45) is 0 Å². The van der Waals surface area contributed by atoms with Crippen LogP contribution in [0.4, 0.5) is 5.69 Å². The molecule has 0 atom stereocenters. The van der Waals surface area contributed by atoms with Crippen LogP contribution in [0, 0.1) is 0 Å². The Bertz CT molecular complexity index is 1380. The van der Waals surface area contributed by atoms with Gasteiger partial charge in [0, 0.05) is 34.0 Å². The van der Waals surface area contributed by atoms with Crippen LogP contribution in [0.2, 0.25) is 0 Å². The molecule has 2 N–H and O–H groups in total. The molecule has 0 spiro atoms. The van der Waals surface area contributed by atoms with Crippen LogP contribution in [-0.4, -0.2) is 42.6 Å². The molecular formula is C26H25N3O5. The summed E-state index contributed by atoms with van der Waals surface area (Å²) in [5, 5.41) is 7.36. The molecule has 0 aliphatic carbocycles. The molecule has 174 valence electrons. The predicted octanol–water partition coefficient (Wildman–Crippen LogP) is 3.73. The number of hydrogen-bond acceptors (Lipinski definition) is 5. The first-order chi connectivity index (χ1) is 16.5. The van der Waals surface area contributed by atoms with Gasteiger partial charge >= 0.3 is 5.97 Å². The number of nitrogens with zero attached hydrogens (tertiary/aromatic N) is 1. The van der Waals surface area contributed by atoms with Crippen LogP contribution >= 0.6 is 0 Å². The predicted molar refractivity (Wildman–Crippen MR) is 130 cm³/mol. The number of anilines is 1. The van der Waals surface area contributed by atoms with E-state index in [1.165, 1.54) is 7.11 Å². The van der Waals surface area contributed by atoms with E-state index in [4.69, 9.17) is 9.47 Å². The third kappa shape index (κ3) is 4.71. The number of aryl methyl sites for hydroxylation is 1. The number of ether oxygens (including phenoxy) is 2. The Balaban J connectivity index is 1.33. The summed E-state index contributed by atoms with van der Waals surface area (Å²) in [6.45, 7) is 2.10. The Morgan fingerprint density at radius 2 is 1.65 bits per heavy atom. The van der Waals surface area contributed by atoms with Gasteiger partial charge in [-0.25, -0.2) is 0 Å². The third-order valence-electron chi connectivity index (χ3n) is 5.48. The van der Waals surface area contributed by atoms with Crippen molar-refractivity contribution in [3.05, 3.63) is 72.3 Å². The highest BCUT2D eigenvalue weighted by molar-refractivity contribution is 6.10. The number of aromatic nitrogens is 1. The summed E-state index contributed by atoms with van der Waals surface area (Å²) < 4.78 is 12.4. The maximum absolute atomic E-state index is 12.3. The molecule has 4 rings (SSSR count). The average Bonchev–Trinajstić information content (AvgIpc) is 3.19. The van der Waals surface area contributed by atoms with Crippen LogP contribution < -0.4 is 15.4 Å². The van der Waals surface area contributed by atoms with Gasteiger partial charge < -0.3 is 24.7 Å². The van der Waals surface area contributed by atoms with Crippen LogP contribution in [0.5, 0.6) is 5.75 Å². The van der Waals surface area contributed by atoms with Gasteiger partial charge in [0.2, 0.25) is 0 Å². The molecule has 0 fully saturated rings. The highest BCUT2D eigenvalue weighted by atomic mass is 16.5. The minimum absolute atomic E-state index is 0.301. The van der Waals surface area contributed by atoms with Crippen LogP contribution in [0.3, 0.4) is 0 Å². The average molecular weight is 460 g/mol. The van der Waals surface area contributed by atoms with Crippen LogP contribution in [0.1, 0.15) is 17.3 Å². The fraction of sp³-hybridized carbons (Fsp3) is 0.192. The van der Waals surface area contributed by atoms with E-state index in [0.717, 1.165) is 28.4 Å². The van der Waals surface area contributed by atoms with E-state index < -0.39 is 24.4 Å². The Hall–Kier alpha value is -4.33. The lowest BCUT2D eigenvalue weighted by molar-refractivity contribution is -0.146. The summed E-state index contributed by atoms with van der Waals surface area (Å²) in [5.74, 6) is -1.27. The van der Waals surface area contributed by atoms with E-state index in [0.29, 0.717) is 17.0 Å². The number of para-hydroxylation sites is 2. The summed E-state index contributed by atoms with van der Waals surface area (Å²) in [7, 11) is 1.46. The van der Waals surface area contributed by atoms with Gasteiger partial charge in [0.05, 0.1) is 12.7 Å². The van der Waals surface area contributed by atoms with Gasteiger partial charge in [-0.2, -0.15) is 0 Å². The first-order valence-electron chi connectivity index (χ1n) is 10.9. The van der Waals surface area contributed by atoms with Crippen molar-refractivity contribution in [1.82, 2.24) is 9.88 Å². The molecule has 8 nitrogen and oxygen atoms in total. The largest absolute Gasteiger partial charge is 0.496 e. The molecule has 0 saturated carbocycles. The number of fused-ring (bicyclic) bond motifs is 3. The number of benzene rings is 3. The van der Waals surface area contributed by atoms with Crippen molar-refractivity contribution >= 4 is 45.3 Å². The van der Waals surface area contributed by atoms with Gasteiger partial charge in [0.15, 0.2) is 6.61 Å². The Kier molecular flexibility index (Phi) is 6.77. The van der Waals surface area contributed by atoms with E-state index in [1.54, 1.807) is 24.3 Å². The number of nitrogens with one attached hydrogen (secondary N) is 2. The zero-order valence-corrected chi connectivity index (χ0v) is 19.0. The van der Waals surface area contributed by atoms with E-state index in [-0.39, 0.29) is 6.54 Å². The Labute approximate surface area is 196 Å². The second-order valence-electron chi connectivity index (χ2n) is 7.59. The Morgan fingerprint density at radius 1 is 0.912 bits per heavy atom. The smallest absolute Gasteiger partial charge is 0.325 e. The number of hydrogen-bond donors (Lipinski definition) is 2. The molecule has 0 aliphatic heterocycles. The van der Waals surface area contributed by atoms with Crippen molar-refractivity contribution in [3.63, 3.8) is 0 Å². The normalized spacial score (nSPS) is 10.8. The number of carbonyl (C=O) groups is 3. The van der Waals surface area contributed by atoms with Gasteiger partial charge in [0.25, 0.3) is 11.8 Å². The fourth-order valence-electron chi connectivity index (χ4n) is 3.95. The van der Waals surface area contributed by atoms with Crippen molar-refractivity contribution in [1.29, 1.82) is 0 Å². The molecule has 0 aliphatic rings. The lowest BCUT2D eigenvalue weighted by atomic mass is 10.1. The molecule has 34 heavy (non-hydrogen) atoms. The zero-order chi connectivity index (χ0) is 24.1. The van der Waals surface area contributed by atoms with Gasteiger partial charge in [-0.3, -0.25) is 14.4 Å². The number of esters is 1. The van der Waals surface area contributed by atoms with Crippen molar-refractivity contribution < 1.29 is 23.9 Å². The summed E-state index contributed by atoms with van der Waals surface area (Å²) in [4.78, 5) is 36.6. The maximum atomic E-state index is 12.3. The summed E-state index contributed by atoms with van der Waals surface area (Å²) in [5.41, 5.74) is 3.12. The monoisotopic (exact) mass is 459 g/mol. The summed E-state index contributed by atoms with van der Waals surface area (Å²) >= 11 is 0. The topological polar surface area (TPSA) is 98.7 Å². The highest BCUT2D eigenvalue weighted by Gasteiger charge is 2.15. The maximum Gasteiger partial charge on any atom is 0.325 e. The van der Waals surface area contributed by atoms with Crippen LogP contribution in [0.25, 0.3) is 21.8 Å². The van der Waals surface area contributed by atoms with Crippen molar-refractivity contribution in [3.8, 4) is 5.75 Å². The van der Waals surface area contributed by atoms with Gasteiger partial charge in [-0.05, 0) is 43.3 Å². The van der Waals surface area contributed by atoms with Crippen molar-refractivity contribution in [2.75, 3.05) is 25.6 Å². The molecule has 1 heterocycles. The molecule has 3 aromatic carbocycles. The highest BCUT2D eigenvalue weighted by Crippen LogP contribution is 2.30. The number of carbonyl (C=O) groups excluding carboxylic acids is 3. The molecule has 0 bridgehead atoms. The lowest BCUT2D eigenvalue weighted by Gasteiger charge is -2.10. The third-order valence-corrected chi connectivity index (χ3v) is 5.48. The molecule has 0 saturated heterocycles. The number of rotatable bonds is 8. The van der Waals surface area contributed by atoms with Crippen LogP contribution in [-0.2, 0) is 20.9 Å². The second kappa shape index (κ2) is 10.1. The van der Waals surface area contributed by atoms with Crippen LogP contribution in [0.15, 0.2) is 66.7 Å². The van der Waals surface area contributed by atoms with Gasteiger partial charge in [0.1, 0.15) is 12.3 Å². The zero-order valence-electron chi connectivity index (χ0n) is 19.0. The van der Waals surface area contributed by atoms with E-state index in [2.05, 4.69) is 34.3 Å². The van der Waals surface area contributed by atoms with E-state index in [1.807, 2.05) is 30.3 Å². The van der Waals surface area contributed by atoms with Gasteiger partial charge in [-0.15, -0.1) is 0 Å². The first kappa shape index (κ1) is 22.8. The molecule has 1 aromatic heterocycles. The summed E-state index contributed by atoms with van der Waals surface area (Å²) in [6, 6.07) is 20.5. The summed E-state index contributed by atoms with van der Waals surface area (Å²) in [6.07, 6.45) is 0. The molecule has 2 amide bonds. The minimum Gasteiger partial charge on any atom is -0.496 e. The van der Waals surface area contributed by atoms with E-state index in [9.17, 15) is 14.4 Å². The van der Waals surface area contributed by atoms with E-state index >= 15 is 0 Å². The van der Waals surface area contributed by atoms with Crippen molar-refractivity contribution in [2.45, 2.75) is 13.5 Å². The minimum atomic E-state index is -0.722. The fourth-order valence-corrected chi connectivity index (χ4v) is 3.95. The molecule has 0 unspecified atom stereocenters. The quantitative estimate of drug-likeness (QED) is 0.391. The first-order valence-corrected chi connectivity index (χ1v) is 10.9. The lowest BCUT2D eigenvalue weighted by Crippen LogP contribution is -2.32. The van der Waals surface area contributed by atoms with Gasteiger partial charge in [-0.1, -0.05) is 30.3 Å². The molecule has 8 heteroatoms. The molecule has 4 aromatic rings. The SMILES string of the molecule is CCn1c2ccccc2c2cc(NC(=O)COC(=O)CNC(=O)c3ccccc3OC)ccc21. The molecular weight excluding hydrogens is 434 g/mol. The number of amides is 2. The number of methoxy groups -OCH3 is 1. The molecule has 0 radical (unpaired) electrons. The second-order valence-corrected chi connectivity index (χ2v) is 7.59. The standard InChI is InChI=1S/C26H25N3O5/c1-3-29-21-10-6-4-8-18(21)20-14-17(12-13-22(20)29)28-24(30)16-34-25(31)15-27-26(32)19-9-5-7-11-23(19)33-2/h4-14H,3,15-16H2,1-2H3,(H,27,32)(H,28,30). The Morgan fingerprint density at radius 3 is 2.44 bits per heavy atom.